The first kappa shape index (κ1) is 12.8. The molecule has 1 aromatic rings. The number of aromatic nitrogens is 2. The number of hydrogen-bond donors (Lipinski definition) is 1. The van der Waals surface area contributed by atoms with Crippen molar-refractivity contribution in [2.75, 3.05) is 0 Å². The van der Waals surface area contributed by atoms with E-state index >= 15 is 0 Å². The van der Waals surface area contributed by atoms with Crippen LogP contribution in [0, 0.1) is 0 Å². The van der Waals surface area contributed by atoms with E-state index in [2.05, 4.69) is 15.3 Å². The normalized spacial score (nSPS) is 18.9. The van der Waals surface area contributed by atoms with Gasteiger partial charge in [-0.2, -0.15) is 0 Å². The molecule has 0 saturated carbocycles. The molecule has 1 unspecified atom stereocenters. The smallest absolute Gasteiger partial charge is 0.408 e. The van der Waals surface area contributed by atoms with E-state index in [1.807, 2.05) is 20.8 Å². The summed E-state index contributed by atoms with van der Waals surface area (Å²) in [6.07, 6.45) is 5.33. The van der Waals surface area contributed by atoms with Gasteiger partial charge in [-0.15, -0.1) is 0 Å². The van der Waals surface area contributed by atoms with E-state index in [0.717, 1.165) is 30.7 Å². The van der Waals surface area contributed by atoms with Gasteiger partial charge in [-0.05, 0) is 40.0 Å². The molecule has 1 amide bonds. The molecule has 5 nitrogen and oxygen atoms in total. The predicted octanol–water partition coefficient (Wildman–Crippen LogP) is 2.38. The van der Waals surface area contributed by atoms with Gasteiger partial charge in [0, 0.05) is 17.9 Å². The number of nitrogens with one attached hydrogen (secondary N) is 1. The highest BCUT2D eigenvalue weighted by molar-refractivity contribution is 5.68. The second-order valence-corrected chi connectivity index (χ2v) is 5.55. The lowest BCUT2D eigenvalue weighted by Gasteiger charge is -2.26. The molecule has 0 aliphatic heterocycles. The van der Waals surface area contributed by atoms with Crippen LogP contribution in [0.1, 0.15) is 51.1 Å². The highest BCUT2D eigenvalue weighted by Crippen LogP contribution is 2.29. The molecule has 1 heterocycles. The summed E-state index contributed by atoms with van der Waals surface area (Å²) in [4.78, 5) is 20.3. The number of hydrogen-bond acceptors (Lipinski definition) is 4. The van der Waals surface area contributed by atoms with Crippen molar-refractivity contribution in [3.63, 3.8) is 0 Å². The minimum atomic E-state index is -0.397. The topological polar surface area (TPSA) is 64.1 Å². The van der Waals surface area contributed by atoms with E-state index in [4.69, 9.17) is 4.74 Å². The predicted molar refractivity (Wildman–Crippen MR) is 67.1 cm³/mol. The summed E-state index contributed by atoms with van der Waals surface area (Å²) in [5.74, 6) is 0. The molecule has 98 valence electrons. The number of alkyl carbamates (subject to hydrolysis) is 1. The molecule has 1 aromatic heterocycles. The van der Waals surface area contributed by atoms with E-state index in [0.29, 0.717) is 0 Å². The molecular weight excluding hydrogens is 230 g/mol. The van der Waals surface area contributed by atoms with Crippen LogP contribution in [0.5, 0.6) is 0 Å². The zero-order valence-corrected chi connectivity index (χ0v) is 11.1. The monoisotopic (exact) mass is 249 g/mol. The van der Waals surface area contributed by atoms with Gasteiger partial charge in [-0.1, -0.05) is 0 Å². The number of nitrogens with zero attached hydrogens (tertiary/aromatic N) is 2. The zero-order valence-electron chi connectivity index (χ0n) is 11.1. The van der Waals surface area contributed by atoms with Gasteiger partial charge in [-0.25, -0.2) is 4.79 Å². The zero-order chi connectivity index (χ0) is 13.2. The molecule has 0 radical (unpaired) electrons. The molecule has 1 aliphatic carbocycles. The van der Waals surface area contributed by atoms with Crippen LogP contribution in [-0.2, 0) is 11.2 Å². The SMILES string of the molecule is CC(C)(C)NC(=O)OC1CCCc2nccnc21. The van der Waals surface area contributed by atoms with Crippen LogP contribution in [0.15, 0.2) is 12.4 Å². The third-order valence-electron chi connectivity index (χ3n) is 2.72. The Labute approximate surface area is 107 Å². The summed E-state index contributed by atoms with van der Waals surface area (Å²) in [7, 11) is 0. The van der Waals surface area contributed by atoms with Crippen molar-refractivity contribution in [3.05, 3.63) is 23.8 Å². The first-order valence-corrected chi connectivity index (χ1v) is 6.24. The average molecular weight is 249 g/mol. The molecule has 5 heteroatoms. The highest BCUT2D eigenvalue weighted by Gasteiger charge is 2.26. The fourth-order valence-corrected chi connectivity index (χ4v) is 2.01. The molecule has 0 spiro atoms. The Hall–Kier alpha value is -1.65. The van der Waals surface area contributed by atoms with Crippen LogP contribution in [0.2, 0.25) is 0 Å². The van der Waals surface area contributed by atoms with Crippen LogP contribution in [0.3, 0.4) is 0 Å². The van der Waals surface area contributed by atoms with E-state index in [1.54, 1.807) is 12.4 Å². The lowest BCUT2D eigenvalue weighted by Crippen LogP contribution is -2.41. The lowest BCUT2D eigenvalue weighted by atomic mass is 9.98. The second-order valence-electron chi connectivity index (χ2n) is 5.55. The molecule has 1 atom stereocenters. The molecule has 1 N–H and O–H groups in total. The Morgan fingerprint density at radius 3 is 2.83 bits per heavy atom. The van der Waals surface area contributed by atoms with Crippen molar-refractivity contribution in [1.82, 2.24) is 15.3 Å². The molecular formula is C13H19N3O2. The third kappa shape index (κ3) is 3.18. The van der Waals surface area contributed by atoms with Gasteiger partial charge in [0.05, 0.1) is 5.69 Å². The Morgan fingerprint density at radius 2 is 2.11 bits per heavy atom. The maximum Gasteiger partial charge on any atom is 0.408 e. The van der Waals surface area contributed by atoms with Gasteiger partial charge >= 0.3 is 6.09 Å². The van der Waals surface area contributed by atoms with Gasteiger partial charge in [0.2, 0.25) is 0 Å². The van der Waals surface area contributed by atoms with Crippen LogP contribution < -0.4 is 5.32 Å². The van der Waals surface area contributed by atoms with E-state index in [1.165, 1.54) is 0 Å². The largest absolute Gasteiger partial charge is 0.440 e. The van der Waals surface area contributed by atoms with E-state index in [-0.39, 0.29) is 11.6 Å². The van der Waals surface area contributed by atoms with Gasteiger partial charge < -0.3 is 10.1 Å². The average Bonchev–Trinajstić information content (AvgIpc) is 2.27. The summed E-state index contributed by atoms with van der Waals surface area (Å²) in [5, 5.41) is 2.79. The van der Waals surface area contributed by atoms with Crippen molar-refractivity contribution >= 4 is 6.09 Å². The highest BCUT2D eigenvalue weighted by atomic mass is 16.6. The van der Waals surface area contributed by atoms with Gasteiger partial charge in [0.25, 0.3) is 0 Å². The molecule has 0 aromatic carbocycles. The standard InChI is InChI=1S/C13H19N3O2/c1-13(2,3)16-12(17)18-10-6-4-5-9-11(10)15-8-7-14-9/h7-8,10H,4-6H2,1-3H3,(H,16,17). The van der Waals surface area contributed by atoms with Crippen molar-refractivity contribution < 1.29 is 9.53 Å². The van der Waals surface area contributed by atoms with Crippen molar-refractivity contribution in [1.29, 1.82) is 0 Å². The van der Waals surface area contributed by atoms with Crippen molar-refractivity contribution in [2.24, 2.45) is 0 Å². The van der Waals surface area contributed by atoms with Gasteiger partial charge in [0.15, 0.2) is 0 Å². The number of amides is 1. The number of rotatable bonds is 1. The van der Waals surface area contributed by atoms with Crippen LogP contribution >= 0.6 is 0 Å². The summed E-state index contributed by atoms with van der Waals surface area (Å²) in [6, 6.07) is 0. The number of ether oxygens (including phenoxy) is 1. The Balaban J connectivity index is 2.05. The first-order valence-electron chi connectivity index (χ1n) is 6.24. The fourth-order valence-electron chi connectivity index (χ4n) is 2.01. The van der Waals surface area contributed by atoms with Gasteiger partial charge in [-0.3, -0.25) is 9.97 Å². The lowest BCUT2D eigenvalue weighted by molar-refractivity contribution is 0.0786. The Morgan fingerprint density at radius 1 is 1.39 bits per heavy atom. The molecule has 1 aliphatic rings. The number of carbonyl (C=O) groups excluding carboxylic acids is 1. The number of carbonyl (C=O) groups is 1. The quantitative estimate of drug-likeness (QED) is 0.830. The Bertz CT molecular complexity index is 440. The van der Waals surface area contributed by atoms with Crippen LogP contribution in [0.4, 0.5) is 4.79 Å². The minimum absolute atomic E-state index is 0.273. The summed E-state index contributed by atoms with van der Waals surface area (Å²) >= 11 is 0. The Kier molecular flexibility index (Phi) is 3.50. The maximum atomic E-state index is 11.8. The fraction of sp³-hybridized carbons (Fsp3) is 0.615. The molecule has 0 bridgehead atoms. The number of aryl methyl sites for hydroxylation is 1. The summed E-state index contributed by atoms with van der Waals surface area (Å²) in [6.45, 7) is 5.76. The summed E-state index contributed by atoms with van der Waals surface area (Å²) < 4.78 is 5.44. The van der Waals surface area contributed by atoms with Gasteiger partial charge in [0.1, 0.15) is 11.8 Å². The molecule has 0 saturated heterocycles. The molecule has 0 fully saturated rings. The molecule has 18 heavy (non-hydrogen) atoms. The van der Waals surface area contributed by atoms with Crippen molar-refractivity contribution in [3.8, 4) is 0 Å². The van der Waals surface area contributed by atoms with Crippen molar-refractivity contribution in [2.45, 2.75) is 51.7 Å². The molecule has 2 rings (SSSR count). The van der Waals surface area contributed by atoms with Crippen LogP contribution in [-0.4, -0.2) is 21.6 Å². The van der Waals surface area contributed by atoms with E-state index < -0.39 is 6.09 Å². The second kappa shape index (κ2) is 4.92. The first-order chi connectivity index (χ1) is 8.46. The third-order valence-corrected chi connectivity index (χ3v) is 2.72. The maximum absolute atomic E-state index is 11.8. The van der Waals surface area contributed by atoms with E-state index in [9.17, 15) is 4.79 Å². The van der Waals surface area contributed by atoms with Crippen LogP contribution in [0.25, 0.3) is 0 Å². The minimum Gasteiger partial charge on any atom is -0.440 e. The summed E-state index contributed by atoms with van der Waals surface area (Å²) in [5.41, 5.74) is 1.45. The number of fused-ring (bicyclic) bond motifs is 1.